The van der Waals surface area contributed by atoms with Crippen molar-refractivity contribution in [1.82, 2.24) is 0 Å². The lowest BCUT2D eigenvalue weighted by atomic mass is 10.2. The summed E-state index contributed by atoms with van der Waals surface area (Å²) in [6.07, 6.45) is 3.63. The second-order valence-corrected chi connectivity index (χ2v) is 5.38. The van der Waals surface area contributed by atoms with Gasteiger partial charge in [0.15, 0.2) is 0 Å². The molecule has 0 radical (unpaired) electrons. The molecule has 92 valence electrons. The van der Waals surface area contributed by atoms with E-state index in [9.17, 15) is 0 Å². The first kappa shape index (κ1) is 16.1. The van der Waals surface area contributed by atoms with Gasteiger partial charge in [-0.2, -0.15) is 0 Å². The summed E-state index contributed by atoms with van der Waals surface area (Å²) < 4.78 is 5.40. The van der Waals surface area contributed by atoms with E-state index in [1.165, 1.54) is 0 Å². The van der Waals surface area contributed by atoms with Crippen LogP contribution in [0.15, 0.2) is 0 Å². The van der Waals surface area contributed by atoms with Crippen LogP contribution in [0.1, 0.15) is 25.7 Å². The van der Waals surface area contributed by atoms with Crippen molar-refractivity contribution >= 4 is 46.4 Å². The smallest absolute Gasteiger partial charge is 0.0630 e. The molecule has 0 saturated carbocycles. The molecule has 2 unspecified atom stereocenters. The highest BCUT2D eigenvalue weighted by Crippen LogP contribution is 2.10. The van der Waals surface area contributed by atoms with E-state index in [2.05, 4.69) is 0 Å². The van der Waals surface area contributed by atoms with Gasteiger partial charge in [-0.15, -0.1) is 46.4 Å². The molecule has 2 atom stereocenters. The van der Waals surface area contributed by atoms with Gasteiger partial charge in [0, 0.05) is 11.8 Å². The van der Waals surface area contributed by atoms with Crippen LogP contribution >= 0.6 is 46.4 Å². The molecule has 0 aliphatic carbocycles. The number of hydrogen-bond donors (Lipinski definition) is 0. The van der Waals surface area contributed by atoms with E-state index in [1.54, 1.807) is 0 Å². The average Bonchev–Trinajstić information content (AvgIpc) is 2.23. The zero-order valence-corrected chi connectivity index (χ0v) is 11.8. The van der Waals surface area contributed by atoms with Crippen molar-refractivity contribution in [2.75, 3.05) is 25.0 Å². The molecular formula is C10H18Cl4O. The predicted octanol–water partition coefficient (Wildman–Crippen LogP) is 4.26. The van der Waals surface area contributed by atoms with E-state index in [0.29, 0.717) is 25.0 Å². The van der Waals surface area contributed by atoms with E-state index in [0.717, 1.165) is 25.7 Å². The van der Waals surface area contributed by atoms with Gasteiger partial charge in [0.2, 0.25) is 0 Å². The van der Waals surface area contributed by atoms with E-state index in [1.807, 2.05) is 0 Å². The predicted molar refractivity (Wildman–Crippen MR) is 70.0 cm³/mol. The minimum atomic E-state index is 0.0423. The third-order valence-corrected chi connectivity index (χ3v) is 3.12. The molecule has 5 heteroatoms. The SMILES string of the molecule is ClCCCC(Cl)COCC(Cl)CCCCl. The van der Waals surface area contributed by atoms with Gasteiger partial charge in [-0.05, 0) is 25.7 Å². The van der Waals surface area contributed by atoms with Crippen molar-refractivity contribution in [2.45, 2.75) is 36.4 Å². The Morgan fingerprint density at radius 2 is 1.20 bits per heavy atom. The highest BCUT2D eigenvalue weighted by molar-refractivity contribution is 6.21. The number of hydrogen-bond acceptors (Lipinski definition) is 1. The van der Waals surface area contributed by atoms with Crippen molar-refractivity contribution in [3.63, 3.8) is 0 Å². The molecule has 0 N–H and O–H groups in total. The molecular weight excluding hydrogens is 278 g/mol. The van der Waals surface area contributed by atoms with Gasteiger partial charge in [0.1, 0.15) is 0 Å². The first-order valence-electron chi connectivity index (χ1n) is 5.18. The van der Waals surface area contributed by atoms with Crippen LogP contribution in [0.3, 0.4) is 0 Å². The van der Waals surface area contributed by atoms with Crippen molar-refractivity contribution < 1.29 is 4.74 Å². The molecule has 0 aromatic rings. The normalized spacial score (nSPS) is 15.2. The van der Waals surface area contributed by atoms with Gasteiger partial charge < -0.3 is 4.74 Å². The standard InChI is InChI=1S/C10H18Cl4O/c11-5-1-3-9(13)7-15-8-10(14)4-2-6-12/h9-10H,1-8H2. The third-order valence-electron chi connectivity index (χ3n) is 1.90. The van der Waals surface area contributed by atoms with Gasteiger partial charge in [0.25, 0.3) is 0 Å². The van der Waals surface area contributed by atoms with Gasteiger partial charge >= 0.3 is 0 Å². The molecule has 0 aliphatic rings. The summed E-state index contributed by atoms with van der Waals surface area (Å²) in [4.78, 5) is 0. The minimum absolute atomic E-state index is 0.0423. The zero-order chi connectivity index (χ0) is 11.5. The van der Waals surface area contributed by atoms with Gasteiger partial charge in [-0.3, -0.25) is 0 Å². The molecule has 0 aromatic carbocycles. The van der Waals surface area contributed by atoms with Crippen LogP contribution in [0.5, 0.6) is 0 Å². The molecule has 0 heterocycles. The largest absolute Gasteiger partial charge is 0.378 e. The van der Waals surface area contributed by atoms with Crippen LogP contribution in [0.2, 0.25) is 0 Å². The summed E-state index contributed by atoms with van der Waals surface area (Å²) in [5, 5.41) is 0.0845. The first-order valence-corrected chi connectivity index (χ1v) is 7.12. The zero-order valence-electron chi connectivity index (χ0n) is 8.73. The maximum atomic E-state index is 6.00. The molecule has 0 aromatic heterocycles. The lowest BCUT2D eigenvalue weighted by Gasteiger charge is -2.12. The van der Waals surface area contributed by atoms with Crippen molar-refractivity contribution in [3.8, 4) is 0 Å². The molecule has 0 bridgehead atoms. The highest BCUT2D eigenvalue weighted by atomic mass is 35.5. The number of alkyl halides is 4. The third kappa shape index (κ3) is 11.4. The lowest BCUT2D eigenvalue weighted by Crippen LogP contribution is -2.15. The molecule has 1 nitrogen and oxygen atoms in total. The fourth-order valence-corrected chi connectivity index (χ4v) is 1.88. The van der Waals surface area contributed by atoms with Gasteiger partial charge in [0.05, 0.1) is 24.0 Å². The van der Waals surface area contributed by atoms with Crippen LogP contribution in [-0.2, 0) is 4.74 Å². The Labute approximate surface area is 112 Å². The van der Waals surface area contributed by atoms with Crippen molar-refractivity contribution in [2.24, 2.45) is 0 Å². The molecule has 0 fully saturated rings. The molecule has 0 spiro atoms. The number of ether oxygens (including phenoxy) is 1. The topological polar surface area (TPSA) is 9.23 Å². The molecule has 15 heavy (non-hydrogen) atoms. The minimum Gasteiger partial charge on any atom is -0.378 e. The number of rotatable bonds is 10. The number of halogens is 4. The summed E-state index contributed by atoms with van der Waals surface area (Å²) in [6.45, 7) is 1.09. The molecule has 0 amide bonds. The maximum absolute atomic E-state index is 6.00. The Morgan fingerprint density at radius 3 is 1.53 bits per heavy atom. The van der Waals surface area contributed by atoms with Gasteiger partial charge in [-0.25, -0.2) is 0 Å². The van der Waals surface area contributed by atoms with Crippen LogP contribution < -0.4 is 0 Å². The average molecular weight is 296 g/mol. The highest BCUT2D eigenvalue weighted by Gasteiger charge is 2.07. The molecule has 0 saturated heterocycles. The Balaban J connectivity index is 3.27. The molecule has 0 aliphatic heterocycles. The maximum Gasteiger partial charge on any atom is 0.0630 e. The quantitative estimate of drug-likeness (QED) is 0.547. The Hall–Kier alpha value is 1.12. The second kappa shape index (κ2) is 11.6. The summed E-state index contributed by atoms with van der Waals surface area (Å²) >= 11 is 23.1. The summed E-state index contributed by atoms with van der Waals surface area (Å²) in [5.74, 6) is 1.30. The van der Waals surface area contributed by atoms with Crippen molar-refractivity contribution in [3.05, 3.63) is 0 Å². The van der Waals surface area contributed by atoms with E-state index >= 15 is 0 Å². The van der Waals surface area contributed by atoms with Crippen LogP contribution in [0.4, 0.5) is 0 Å². The van der Waals surface area contributed by atoms with E-state index in [-0.39, 0.29) is 10.8 Å². The van der Waals surface area contributed by atoms with Crippen molar-refractivity contribution in [1.29, 1.82) is 0 Å². The second-order valence-electron chi connectivity index (χ2n) is 3.39. The van der Waals surface area contributed by atoms with E-state index < -0.39 is 0 Å². The Morgan fingerprint density at radius 1 is 0.800 bits per heavy atom. The summed E-state index contributed by atoms with van der Waals surface area (Å²) in [6, 6.07) is 0. The fourth-order valence-electron chi connectivity index (χ4n) is 1.09. The van der Waals surface area contributed by atoms with E-state index in [4.69, 9.17) is 51.1 Å². The monoisotopic (exact) mass is 294 g/mol. The fraction of sp³-hybridized carbons (Fsp3) is 1.00. The van der Waals surface area contributed by atoms with Crippen LogP contribution in [0.25, 0.3) is 0 Å². The summed E-state index contributed by atoms with van der Waals surface area (Å²) in [5.41, 5.74) is 0. The van der Waals surface area contributed by atoms with Crippen LogP contribution in [0, 0.1) is 0 Å². The Bertz CT molecular complexity index is 121. The van der Waals surface area contributed by atoms with Crippen LogP contribution in [-0.4, -0.2) is 35.7 Å². The molecule has 0 rings (SSSR count). The first-order chi connectivity index (χ1) is 7.20. The Kier molecular flexibility index (Phi) is 12.5. The lowest BCUT2D eigenvalue weighted by molar-refractivity contribution is 0.131. The van der Waals surface area contributed by atoms with Gasteiger partial charge in [-0.1, -0.05) is 0 Å². The summed E-state index contributed by atoms with van der Waals surface area (Å²) in [7, 11) is 0.